The summed E-state index contributed by atoms with van der Waals surface area (Å²) in [6.45, 7) is 6.74. The molecule has 0 aromatic heterocycles. The molecule has 0 spiro atoms. The highest BCUT2D eigenvalue weighted by molar-refractivity contribution is 5.76. The summed E-state index contributed by atoms with van der Waals surface area (Å²) >= 11 is 0. The minimum Gasteiger partial charge on any atom is -0.359 e. The molecule has 2 heteroatoms. The first-order valence-electron chi connectivity index (χ1n) is 7.28. The molecule has 0 saturated carbocycles. The van der Waals surface area contributed by atoms with E-state index in [0.717, 1.165) is 0 Å². The van der Waals surface area contributed by atoms with Crippen molar-refractivity contribution in [2.45, 2.75) is 78.6 Å². The van der Waals surface area contributed by atoms with Crippen molar-refractivity contribution in [2.24, 2.45) is 5.41 Å². The topological polar surface area (TPSA) is 29.1 Å². The number of hydrogen-bond acceptors (Lipinski definition) is 1. The second-order valence-electron chi connectivity index (χ2n) is 5.57. The number of carbonyl (C=O) groups is 1. The quantitative estimate of drug-likeness (QED) is 0.568. The highest BCUT2D eigenvalue weighted by Crippen LogP contribution is 2.34. The molecule has 1 amide bonds. The second kappa shape index (κ2) is 9.49. The van der Waals surface area contributed by atoms with Gasteiger partial charge in [-0.3, -0.25) is 4.79 Å². The third kappa shape index (κ3) is 8.23. The molecule has 0 bridgehead atoms. The van der Waals surface area contributed by atoms with Crippen molar-refractivity contribution in [1.82, 2.24) is 5.32 Å². The Morgan fingerprint density at radius 3 is 2.12 bits per heavy atom. The fraction of sp³-hybridized carbons (Fsp3) is 0.933. The Bertz CT molecular complexity index is 203. The molecule has 17 heavy (non-hydrogen) atoms. The van der Waals surface area contributed by atoms with Crippen LogP contribution in [0.15, 0.2) is 0 Å². The summed E-state index contributed by atoms with van der Waals surface area (Å²) in [5.74, 6) is 0.194. The molecule has 0 radical (unpaired) electrons. The van der Waals surface area contributed by atoms with Gasteiger partial charge in [0.2, 0.25) is 5.91 Å². The summed E-state index contributed by atoms with van der Waals surface area (Å²) in [6, 6.07) is 0. The molecule has 0 heterocycles. The SMILES string of the molecule is CCCCCCC(C)(CCCC)CC(=O)NC. The predicted molar refractivity (Wildman–Crippen MR) is 75.1 cm³/mol. The van der Waals surface area contributed by atoms with Crippen molar-refractivity contribution in [3.63, 3.8) is 0 Å². The van der Waals surface area contributed by atoms with Crippen molar-refractivity contribution in [3.05, 3.63) is 0 Å². The number of carbonyl (C=O) groups excluding carboxylic acids is 1. The Kier molecular flexibility index (Phi) is 9.20. The van der Waals surface area contributed by atoms with E-state index in [1.54, 1.807) is 7.05 Å². The zero-order chi connectivity index (χ0) is 13.1. The van der Waals surface area contributed by atoms with E-state index in [1.165, 1.54) is 51.4 Å². The van der Waals surface area contributed by atoms with E-state index in [9.17, 15) is 4.79 Å². The predicted octanol–water partition coefficient (Wildman–Crippen LogP) is 4.29. The average molecular weight is 241 g/mol. The Hall–Kier alpha value is -0.530. The Balaban J connectivity index is 4.13. The summed E-state index contributed by atoms with van der Waals surface area (Å²) in [5.41, 5.74) is 0.212. The summed E-state index contributed by atoms with van der Waals surface area (Å²) in [4.78, 5) is 11.6. The van der Waals surface area contributed by atoms with Crippen LogP contribution in [-0.4, -0.2) is 13.0 Å². The zero-order valence-electron chi connectivity index (χ0n) is 12.3. The first kappa shape index (κ1) is 16.5. The average Bonchev–Trinajstić information content (AvgIpc) is 2.32. The van der Waals surface area contributed by atoms with Crippen LogP contribution in [-0.2, 0) is 4.79 Å². The van der Waals surface area contributed by atoms with Gasteiger partial charge in [0.15, 0.2) is 0 Å². The lowest BCUT2D eigenvalue weighted by Gasteiger charge is -2.29. The van der Waals surface area contributed by atoms with E-state index in [-0.39, 0.29) is 11.3 Å². The number of hydrogen-bond donors (Lipinski definition) is 1. The Morgan fingerprint density at radius 2 is 1.59 bits per heavy atom. The van der Waals surface area contributed by atoms with Crippen LogP contribution < -0.4 is 5.32 Å². The van der Waals surface area contributed by atoms with Crippen LogP contribution in [0.25, 0.3) is 0 Å². The van der Waals surface area contributed by atoms with Gasteiger partial charge >= 0.3 is 0 Å². The fourth-order valence-corrected chi connectivity index (χ4v) is 2.36. The molecule has 102 valence electrons. The van der Waals surface area contributed by atoms with Crippen LogP contribution in [0.2, 0.25) is 0 Å². The Labute approximate surface area is 108 Å². The number of rotatable bonds is 10. The third-order valence-corrected chi connectivity index (χ3v) is 3.63. The van der Waals surface area contributed by atoms with Gasteiger partial charge in [0.1, 0.15) is 0 Å². The van der Waals surface area contributed by atoms with Gasteiger partial charge in [0.25, 0.3) is 0 Å². The second-order valence-corrected chi connectivity index (χ2v) is 5.57. The van der Waals surface area contributed by atoms with Gasteiger partial charge in [-0.05, 0) is 18.3 Å². The summed E-state index contributed by atoms with van der Waals surface area (Å²) in [6.07, 6.45) is 10.7. The fourth-order valence-electron chi connectivity index (χ4n) is 2.36. The number of nitrogens with one attached hydrogen (secondary N) is 1. The molecule has 0 fully saturated rings. The maximum absolute atomic E-state index is 11.6. The largest absolute Gasteiger partial charge is 0.359 e. The minimum atomic E-state index is 0.194. The van der Waals surface area contributed by atoms with Gasteiger partial charge in [-0.1, -0.05) is 59.3 Å². The highest BCUT2D eigenvalue weighted by Gasteiger charge is 2.25. The molecule has 1 unspecified atom stereocenters. The molecule has 0 aromatic rings. The maximum Gasteiger partial charge on any atom is 0.220 e. The number of amides is 1. The van der Waals surface area contributed by atoms with Crippen molar-refractivity contribution in [2.75, 3.05) is 7.05 Å². The van der Waals surface area contributed by atoms with Gasteiger partial charge in [-0.2, -0.15) is 0 Å². The van der Waals surface area contributed by atoms with E-state index in [2.05, 4.69) is 26.1 Å². The molecular weight excluding hydrogens is 210 g/mol. The van der Waals surface area contributed by atoms with E-state index >= 15 is 0 Å². The molecule has 0 rings (SSSR count). The van der Waals surface area contributed by atoms with E-state index in [1.807, 2.05) is 0 Å². The lowest BCUT2D eigenvalue weighted by atomic mass is 9.77. The summed E-state index contributed by atoms with van der Waals surface area (Å²) in [5, 5.41) is 2.76. The van der Waals surface area contributed by atoms with Gasteiger partial charge in [0, 0.05) is 13.5 Å². The van der Waals surface area contributed by atoms with E-state index in [0.29, 0.717) is 6.42 Å². The monoisotopic (exact) mass is 241 g/mol. The number of unbranched alkanes of at least 4 members (excludes halogenated alkanes) is 4. The van der Waals surface area contributed by atoms with Gasteiger partial charge in [-0.25, -0.2) is 0 Å². The molecule has 1 N–H and O–H groups in total. The van der Waals surface area contributed by atoms with Gasteiger partial charge < -0.3 is 5.32 Å². The zero-order valence-corrected chi connectivity index (χ0v) is 12.3. The molecule has 0 aliphatic heterocycles. The van der Waals surface area contributed by atoms with Crippen LogP contribution in [0.3, 0.4) is 0 Å². The van der Waals surface area contributed by atoms with Gasteiger partial charge in [0.05, 0.1) is 0 Å². The molecular formula is C15H31NO. The lowest BCUT2D eigenvalue weighted by molar-refractivity contribution is -0.123. The Morgan fingerprint density at radius 1 is 1.00 bits per heavy atom. The smallest absolute Gasteiger partial charge is 0.220 e. The normalized spacial score (nSPS) is 14.4. The van der Waals surface area contributed by atoms with Crippen molar-refractivity contribution in [3.8, 4) is 0 Å². The van der Waals surface area contributed by atoms with E-state index < -0.39 is 0 Å². The molecule has 0 aliphatic rings. The lowest BCUT2D eigenvalue weighted by Crippen LogP contribution is -2.28. The van der Waals surface area contributed by atoms with E-state index in [4.69, 9.17) is 0 Å². The standard InChI is InChI=1S/C15H31NO/c1-5-7-9-10-12-15(3,11-8-6-2)13-14(17)16-4/h5-13H2,1-4H3,(H,16,17). The van der Waals surface area contributed by atoms with Gasteiger partial charge in [-0.15, -0.1) is 0 Å². The molecule has 0 saturated heterocycles. The first-order chi connectivity index (χ1) is 8.08. The van der Waals surface area contributed by atoms with Crippen molar-refractivity contribution >= 4 is 5.91 Å². The van der Waals surface area contributed by atoms with Crippen molar-refractivity contribution in [1.29, 1.82) is 0 Å². The van der Waals surface area contributed by atoms with Crippen LogP contribution >= 0.6 is 0 Å². The van der Waals surface area contributed by atoms with Crippen LogP contribution in [0.4, 0.5) is 0 Å². The van der Waals surface area contributed by atoms with Crippen LogP contribution in [0.1, 0.15) is 78.6 Å². The summed E-state index contributed by atoms with van der Waals surface area (Å²) in [7, 11) is 1.74. The van der Waals surface area contributed by atoms with Crippen LogP contribution in [0, 0.1) is 5.41 Å². The molecule has 0 aromatic carbocycles. The molecule has 2 nitrogen and oxygen atoms in total. The van der Waals surface area contributed by atoms with Crippen LogP contribution in [0.5, 0.6) is 0 Å². The third-order valence-electron chi connectivity index (χ3n) is 3.63. The first-order valence-corrected chi connectivity index (χ1v) is 7.28. The van der Waals surface area contributed by atoms with Crippen molar-refractivity contribution < 1.29 is 4.79 Å². The summed E-state index contributed by atoms with van der Waals surface area (Å²) < 4.78 is 0. The maximum atomic E-state index is 11.6. The molecule has 0 aliphatic carbocycles. The molecule has 1 atom stereocenters. The minimum absolute atomic E-state index is 0.194. The highest BCUT2D eigenvalue weighted by atomic mass is 16.1.